The fourth-order valence-electron chi connectivity index (χ4n) is 1.06. The van der Waals surface area contributed by atoms with E-state index in [9.17, 15) is 4.79 Å². The minimum absolute atomic E-state index is 0.0747. The monoisotopic (exact) mass is 236 g/mol. The summed E-state index contributed by atoms with van der Waals surface area (Å²) >= 11 is 1.51. The Morgan fingerprint density at radius 2 is 2.25 bits per heavy atom. The zero-order valence-electron chi connectivity index (χ0n) is 8.12. The minimum Gasteiger partial charge on any atom is -0.476 e. The molecule has 0 aromatic carbocycles. The van der Waals surface area contributed by atoms with Crippen LogP contribution < -0.4 is 5.32 Å². The molecule has 0 saturated carbocycles. The smallest absolute Gasteiger partial charge is 0.356 e. The molecule has 2 aromatic heterocycles. The summed E-state index contributed by atoms with van der Waals surface area (Å²) in [6.45, 7) is 0.558. The number of aromatic carboxylic acids is 1. The molecule has 0 bridgehead atoms. The molecule has 0 atom stereocenters. The number of rotatable bonds is 4. The molecule has 0 spiro atoms. The maximum atomic E-state index is 10.6. The van der Waals surface area contributed by atoms with Gasteiger partial charge in [0.15, 0.2) is 5.69 Å². The molecular weight excluding hydrogens is 228 g/mol. The van der Waals surface area contributed by atoms with Crippen molar-refractivity contribution in [2.24, 2.45) is 0 Å². The summed E-state index contributed by atoms with van der Waals surface area (Å²) in [5, 5.41) is 11.7. The molecule has 2 heterocycles. The van der Waals surface area contributed by atoms with E-state index in [4.69, 9.17) is 5.11 Å². The third kappa shape index (κ3) is 2.51. The number of carboxylic acid groups (broad SMARTS) is 1. The molecule has 0 unspecified atom stereocenters. The molecule has 0 aliphatic heterocycles. The number of nitrogens with zero attached hydrogens (tertiary/aromatic N) is 3. The third-order valence-corrected chi connectivity index (χ3v) is 2.56. The summed E-state index contributed by atoms with van der Waals surface area (Å²) < 4.78 is 0. The van der Waals surface area contributed by atoms with E-state index in [2.05, 4.69) is 20.3 Å². The Labute approximate surface area is 95.0 Å². The van der Waals surface area contributed by atoms with E-state index in [0.29, 0.717) is 12.4 Å². The van der Waals surface area contributed by atoms with Crippen LogP contribution >= 0.6 is 11.3 Å². The molecule has 16 heavy (non-hydrogen) atoms. The molecule has 0 saturated heterocycles. The van der Waals surface area contributed by atoms with Crippen LogP contribution in [0.1, 0.15) is 15.4 Å². The molecule has 0 fully saturated rings. The van der Waals surface area contributed by atoms with Crippen molar-refractivity contribution in [2.75, 3.05) is 5.32 Å². The summed E-state index contributed by atoms with van der Waals surface area (Å²) in [7, 11) is 0. The molecule has 82 valence electrons. The van der Waals surface area contributed by atoms with E-state index >= 15 is 0 Å². The van der Waals surface area contributed by atoms with Gasteiger partial charge in [-0.1, -0.05) is 0 Å². The van der Waals surface area contributed by atoms with Gasteiger partial charge in [-0.05, 0) is 0 Å². The third-order valence-electron chi connectivity index (χ3n) is 1.78. The fraction of sp³-hybridized carbons (Fsp3) is 0.111. The van der Waals surface area contributed by atoms with Crippen molar-refractivity contribution in [2.45, 2.75) is 6.54 Å². The average Bonchev–Trinajstić information content (AvgIpc) is 2.79. The predicted octanol–water partition coefficient (Wildman–Crippen LogP) is 1.24. The van der Waals surface area contributed by atoms with Crippen molar-refractivity contribution in [3.63, 3.8) is 0 Å². The number of anilines is 1. The number of hydrogen-bond donors (Lipinski definition) is 2. The van der Waals surface area contributed by atoms with Gasteiger partial charge in [0.1, 0.15) is 5.82 Å². The van der Waals surface area contributed by atoms with Crippen LogP contribution in [0.5, 0.6) is 0 Å². The SMILES string of the molecule is O=C(O)c1cncc(NCc2cncs2)n1. The Bertz CT molecular complexity index is 486. The molecule has 6 nitrogen and oxygen atoms in total. The van der Waals surface area contributed by atoms with Crippen molar-refractivity contribution < 1.29 is 9.90 Å². The van der Waals surface area contributed by atoms with Crippen LogP contribution in [0.15, 0.2) is 24.1 Å². The lowest BCUT2D eigenvalue weighted by Gasteiger charge is -2.03. The van der Waals surface area contributed by atoms with Crippen LogP contribution in [-0.4, -0.2) is 26.0 Å². The number of carbonyl (C=O) groups is 1. The highest BCUT2D eigenvalue weighted by Crippen LogP contribution is 2.09. The molecule has 0 amide bonds. The summed E-state index contributed by atoms with van der Waals surface area (Å²) in [6.07, 6.45) is 4.43. The molecule has 0 aliphatic carbocycles. The van der Waals surface area contributed by atoms with E-state index in [0.717, 1.165) is 4.88 Å². The zero-order valence-corrected chi connectivity index (χ0v) is 8.94. The second-order valence-corrected chi connectivity index (χ2v) is 3.89. The average molecular weight is 236 g/mol. The topological polar surface area (TPSA) is 88.0 Å². The van der Waals surface area contributed by atoms with Gasteiger partial charge < -0.3 is 10.4 Å². The Balaban J connectivity index is 2.04. The normalized spacial score (nSPS) is 10.0. The zero-order chi connectivity index (χ0) is 11.4. The number of aromatic nitrogens is 3. The van der Waals surface area contributed by atoms with Gasteiger partial charge in [0.2, 0.25) is 0 Å². The number of carboxylic acids is 1. The number of hydrogen-bond acceptors (Lipinski definition) is 6. The Morgan fingerprint density at radius 3 is 2.94 bits per heavy atom. The quantitative estimate of drug-likeness (QED) is 0.830. The van der Waals surface area contributed by atoms with Crippen LogP contribution in [0.25, 0.3) is 0 Å². The van der Waals surface area contributed by atoms with Crippen molar-refractivity contribution in [1.29, 1.82) is 0 Å². The highest BCUT2D eigenvalue weighted by atomic mass is 32.1. The molecule has 2 aromatic rings. The first kappa shape index (κ1) is 10.5. The summed E-state index contributed by atoms with van der Waals surface area (Å²) in [6, 6.07) is 0. The number of nitrogens with one attached hydrogen (secondary N) is 1. The maximum Gasteiger partial charge on any atom is 0.356 e. The molecule has 2 N–H and O–H groups in total. The van der Waals surface area contributed by atoms with Crippen LogP contribution in [0, 0.1) is 0 Å². The fourth-order valence-corrected chi connectivity index (χ4v) is 1.60. The lowest BCUT2D eigenvalue weighted by Crippen LogP contribution is -2.06. The van der Waals surface area contributed by atoms with Gasteiger partial charge in [-0.15, -0.1) is 11.3 Å². The molecular formula is C9H8N4O2S. The van der Waals surface area contributed by atoms with Crippen LogP contribution in [0.4, 0.5) is 5.82 Å². The van der Waals surface area contributed by atoms with Crippen LogP contribution in [0.2, 0.25) is 0 Å². The summed E-state index contributed by atoms with van der Waals surface area (Å²) in [5.74, 6) is -0.651. The standard InChI is InChI=1S/C9H8N4O2S/c14-9(15)7-3-10-4-8(13-7)12-2-6-1-11-5-16-6/h1,3-5H,2H2,(H,12,13)(H,14,15). The van der Waals surface area contributed by atoms with E-state index in [1.165, 1.54) is 23.7 Å². The number of thiazole rings is 1. The van der Waals surface area contributed by atoms with Crippen molar-refractivity contribution in [3.8, 4) is 0 Å². The van der Waals surface area contributed by atoms with E-state index in [1.54, 1.807) is 11.7 Å². The first-order chi connectivity index (χ1) is 7.75. The Hall–Kier alpha value is -2.02. The Kier molecular flexibility index (Phi) is 3.06. The Morgan fingerprint density at radius 1 is 1.38 bits per heavy atom. The first-order valence-corrected chi connectivity index (χ1v) is 5.30. The van der Waals surface area contributed by atoms with Gasteiger partial charge in [-0.3, -0.25) is 9.97 Å². The summed E-state index contributed by atoms with van der Waals surface area (Å²) in [4.78, 5) is 23.3. The van der Waals surface area contributed by atoms with Crippen molar-refractivity contribution in [1.82, 2.24) is 15.0 Å². The largest absolute Gasteiger partial charge is 0.476 e. The van der Waals surface area contributed by atoms with E-state index in [1.807, 2.05) is 0 Å². The maximum absolute atomic E-state index is 10.6. The van der Waals surface area contributed by atoms with Gasteiger partial charge in [-0.25, -0.2) is 9.78 Å². The van der Waals surface area contributed by atoms with Crippen LogP contribution in [0.3, 0.4) is 0 Å². The minimum atomic E-state index is -1.09. The summed E-state index contributed by atoms with van der Waals surface area (Å²) in [5.41, 5.74) is 1.66. The second-order valence-electron chi connectivity index (χ2n) is 2.92. The van der Waals surface area contributed by atoms with Crippen molar-refractivity contribution >= 4 is 23.1 Å². The van der Waals surface area contributed by atoms with Gasteiger partial charge in [0.25, 0.3) is 0 Å². The molecule has 0 aliphatic rings. The second kappa shape index (κ2) is 4.67. The van der Waals surface area contributed by atoms with Gasteiger partial charge >= 0.3 is 5.97 Å². The lowest BCUT2D eigenvalue weighted by atomic mass is 10.4. The lowest BCUT2D eigenvalue weighted by molar-refractivity contribution is 0.0690. The van der Waals surface area contributed by atoms with Gasteiger partial charge in [0.05, 0.1) is 24.4 Å². The highest BCUT2D eigenvalue weighted by Gasteiger charge is 2.05. The van der Waals surface area contributed by atoms with Crippen molar-refractivity contribution in [3.05, 3.63) is 34.7 Å². The van der Waals surface area contributed by atoms with Crippen LogP contribution in [-0.2, 0) is 6.54 Å². The molecule has 7 heteroatoms. The first-order valence-electron chi connectivity index (χ1n) is 4.42. The predicted molar refractivity (Wildman–Crippen MR) is 58.4 cm³/mol. The molecule has 2 rings (SSSR count). The van der Waals surface area contributed by atoms with E-state index in [-0.39, 0.29) is 5.69 Å². The van der Waals surface area contributed by atoms with Gasteiger partial charge in [-0.2, -0.15) is 0 Å². The highest BCUT2D eigenvalue weighted by molar-refractivity contribution is 7.09. The van der Waals surface area contributed by atoms with Gasteiger partial charge in [0, 0.05) is 11.1 Å². The molecule has 0 radical (unpaired) electrons. The van der Waals surface area contributed by atoms with E-state index < -0.39 is 5.97 Å².